The summed E-state index contributed by atoms with van der Waals surface area (Å²) in [6, 6.07) is 52.5. The highest BCUT2D eigenvalue weighted by atomic mass is 16.3. The summed E-state index contributed by atoms with van der Waals surface area (Å²) in [4.78, 5) is 0. The average molecular weight is 521 g/mol. The first-order valence-electron chi connectivity index (χ1n) is 14.1. The summed E-state index contributed by atoms with van der Waals surface area (Å²) in [5, 5.41) is 12.2. The van der Waals surface area contributed by atoms with Crippen molar-refractivity contribution in [3.8, 4) is 22.3 Å². The zero-order valence-corrected chi connectivity index (χ0v) is 22.3. The van der Waals surface area contributed by atoms with Crippen LogP contribution in [-0.4, -0.2) is 0 Å². The molecule has 1 heterocycles. The summed E-state index contributed by atoms with van der Waals surface area (Å²) >= 11 is 0. The van der Waals surface area contributed by atoms with Gasteiger partial charge in [-0.25, -0.2) is 0 Å². The van der Waals surface area contributed by atoms with E-state index < -0.39 is 0 Å². The van der Waals surface area contributed by atoms with Crippen molar-refractivity contribution in [2.75, 3.05) is 0 Å². The predicted molar refractivity (Wildman–Crippen MR) is 175 cm³/mol. The molecule has 0 aliphatic rings. The highest BCUT2D eigenvalue weighted by molar-refractivity contribution is 6.29. The molecule has 0 N–H and O–H groups in total. The van der Waals surface area contributed by atoms with Crippen LogP contribution in [0.25, 0.3) is 87.3 Å². The van der Waals surface area contributed by atoms with Crippen molar-refractivity contribution in [1.29, 1.82) is 0 Å². The third-order valence-electron chi connectivity index (χ3n) is 8.63. The van der Waals surface area contributed by atoms with E-state index in [4.69, 9.17) is 4.42 Å². The summed E-state index contributed by atoms with van der Waals surface area (Å²) in [7, 11) is 0. The van der Waals surface area contributed by atoms with Crippen LogP contribution in [0.1, 0.15) is 0 Å². The van der Waals surface area contributed by atoms with Crippen LogP contribution in [0.2, 0.25) is 0 Å². The van der Waals surface area contributed by atoms with Crippen molar-refractivity contribution in [3.05, 3.63) is 146 Å². The van der Waals surface area contributed by atoms with Crippen molar-refractivity contribution in [3.63, 3.8) is 0 Å². The first-order chi connectivity index (χ1) is 20.4. The lowest BCUT2D eigenvalue weighted by atomic mass is 9.84. The minimum Gasteiger partial charge on any atom is -0.455 e. The number of hydrogen-bond acceptors (Lipinski definition) is 1. The second kappa shape index (κ2) is 8.55. The Morgan fingerprint density at radius 1 is 0.366 bits per heavy atom. The van der Waals surface area contributed by atoms with Gasteiger partial charge in [0.1, 0.15) is 11.2 Å². The predicted octanol–water partition coefficient (Wildman–Crippen LogP) is 11.5. The molecule has 0 radical (unpaired) electrons. The molecule has 0 saturated carbocycles. The number of benzene rings is 8. The molecule has 0 amide bonds. The number of hydrogen-bond donors (Lipinski definition) is 0. The van der Waals surface area contributed by atoms with Crippen LogP contribution in [0.5, 0.6) is 0 Å². The molecule has 0 unspecified atom stereocenters. The number of furan rings is 1. The van der Waals surface area contributed by atoms with Crippen LogP contribution in [0.3, 0.4) is 0 Å². The number of fused-ring (bicyclic) bond motifs is 9. The SMILES string of the molecule is c1ccc(-c2c3ccccc3c(-c3cc4c(oc5ccc6ccccc6c54)c4ccccc34)c3ccccc23)cc1. The number of rotatable bonds is 2. The third kappa shape index (κ3) is 3.18. The molecule has 1 heteroatoms. The Bertz CT molecular complexity index is 2410. The van der Waals surface area contributed by atoms with Crippen molar-refractivity contribution in [1.82, 2.24) is 0 Å². The molecule has 8 aromatic carbocycles. The van der Waals surface area contributed by atoms with Gasteiger partial charge in [0.2, 0.25) is 0 Å². The Labute approximate surface area is 236 Å². The molecule has 9 rings (SSSR count). The average Bonchev–Trinajstić information content (AvgIpc) is 3.43. The highest BCUT2D eigenvalue weighted by Gasteiger charge is 2.21. The molecule has 41 heavy (non-hydrogen) atoms. The smallest absolute Gasteiger partial charge is 0.143 e. The van der Waals surface area contributed by atoms with Gasteiger partial charge < -0.3 is 4.42 Å². The maximum atomic E-state index is 6.62. The molecular formula is C40H24O. The summed E-state index contributed by atoms with van der Waals surface area (Å²) in [6.07, 6.45) is 0. The van der Waals surface area contributed by atoms with E-state index in [9.17, 15) is 0 Å². The van der Waals surface area contributed by atoms with Crippen molar-refractivity contribution in [2.45, 2.75) is 0 Å². The molecule has 0 fully saturated rings. The van der Waals surface area contributed by atoms with E-state index in [0.717, 1.165) is 21.9 Å². The summed E-state index contributed by atoms with van der Waals surface area (Å²) in [5.74, 6) is 0. The minimum atomic E-state index is 0.926. The first-order valence-corrected chi connectivity index (χ1v) is 14.1. The molecule has 190 valence electrons. The second-order valence-corrected chi connectivity index (χ2v) is 10.8. The van der Waals surface area contributed by atoms with E-state index in [1.54, 1.807) is 0 Å². The Kier molecular flexibility index (Phi) is 4.67. The van der Waals surface area contributed by atoms with Gasteiger partial charge in [0.05, 0.1) is 0 Å². The van der Waals surface area contributed by atoms with Gasteiger partial charge in [0.15, 0.2) is 0 Å². The summed E-state index contributed by atoms with van der Waals surface area (Å²) < 4.78 is 6.62. The van der Waals surface area contributed by atoms with Gasteiger partial charge >= 0.3 is 0 Å². The van der Waals surface area contributed by atoms with Crippen LogP contribution in [-0.2, 0) is 0 Å². The second-order valence-electron chi connectivity index (χ2n) is 10.8. The van der Waals surface area contributed by atoms with Gasteiger partial charge in [-0.05, 0) is 72.1 Å². The zero-order chi connectivity index (χ0) is 26.9. The van der Waals surface area contributed by atoms with E-state index in [0.29, 0.717) is 0 Å². The quantitative estimate of drug-likeness (QED) is 0.207. The molecule has 1 aromatic heterocycles. The van der Waals surface area contributed by atoms with Crippen molar-refractivity contribution < 1.29 is 4.42 Å². The lowest BCUT2D eigenvalue weighted by Crippen LogP contribution is -1.91. The van der Waals surface area contributed by atoms with Crippen LogP contribution in [0, 0.1) is 0 Å². The first kappa shape index (κ1) is 22.4. The van der Waals surface area contributed by atoms with Gasteiger partial charge in [-0.2, -0.15) is 0 Å². The largest absolute Gasteiger partial charge is 0.455 e. The topological polar surface area (TPSA) is 13.1 Å². The molecule has 0 atom stereocenters. The van der Waals surface area contributed by atoms with E-state index in [1.165, 1.54) is 65.3 Å². The van der Waals surface area contributed by atoms with E-state index in [-0.39, 0.29) is 0 Å². The van der Waals surface area contributed by atoms with E-state index in [2.05, 4.69) is 146 Å². The highest BCUT2D eigenvalue weighted by Crippen LogP contribution is 2.48. The molecule has 0 saturated heterocycles. The minimum absolute atomic E-state index is 0.926. The van der Waals surface area contributed by atoms with Gasteiger partial charge in [0, 0.05) is 16.2 Å². The third-order valence-corrected chi connectivity index (χ3v) is 8.63. The van der Waals surface area contributed by atoms with Crippen LogP contribution in [0.4, 0.5) is 0 Å². The van der Waals surface area contributed by atoms with Crippen molar-refractivity contribution >= 4 is 65.0 Å². The lowest BCUT2D eigenvalue weighted by molar-refractivity contribution is 0.673. The fourth-order valence-electron chi connectivity index (χ4n) is 6.91. The summed E-state index contributed by atoms with van der Waals surface area (Å²) in [5.41, 5.74) is 6.89. The van der Waals surface area contributed by atoms with Gasteiger partial charge in [-0.15, -0.1) is 0 Å². The molecular weight excluding hydrogens is 496 g/mol. The van der Waals surface area contributed by atoms with Gasteiger partial charge in [-0.1, -0.05) is 133 Å². The monoisotopic (exact) mass is 520 g/mol. The van der Waals surface area contributed by atoms with E-state index >= 15 is 0 Å². The fourth-order valence-corrected chi connectivity index (χ4v) is 6.91. The standard InChI is InChI=1S/C40H24O/c1-2-13-26(14-3-1)37-29-17-7-9-19-31(29)38(32-20-10-8-18-30(32)37)34-24-35-39-27-15-5-4-12-25(27)22-23-36(39)41-40(35)33-21-11-6-16-28(33)34/h1-24H. The summed E-state index contributed by atoms with van der Waals surface area (Å²) in [6.45, 7) is 0. The normalized spacial score (nSPS) is 11.9. The fraction of sp³-hybridized carbons (Fsp3) is 0. The Hall–Kier alpha value is -5.40. The van der Waals surface area contributed by atoms with Crippen LogP contribution in [0.15, 0.2) is 150 Å². The molecule has 0 aliphatic carbocycles. The van der Waals surface area contributed by atoms with Crippen LogP contribution >= 0.6 is 0 Å². The molecule has 1 nitrogen and oxygen atoms in total. The Morgan fingerprint density at radius 2 is 0.902 bits per heavy atom. The molecule has 0 spiro atoms. The maximum Gasteiger partial charge on any atom is 0.143 e. The Balaban J connectivity index is 1.51. The van der Waals surface area contributed by atoms with Gasteiger partial charge in [0.25, 0.3) is 0 Å². The maximum absolute atomic E-state index is 6.62. The Morgan fingerprint density at radius 3 is 1.59 bits per heavy atom. The lowest BCUT2D eigenvalue weighted by Gasteiger charge is -2.19. The van der Waals surface area contributed by atoms with E-state index in [1.807, 2.05) is 0 Å². The van der Waals surface area contributed by atoms with Crippen LogP contribution < -0.4 is 0 Å². The molecule has 9 aromatic rings. The van der Waals surface area contributed by atoms with Crippen molar-refractivity contribution in [2.24, 2.45) is 0 Å². The van der Waals surface area contributed by atoms with Gasteiger partial charge in [-0.3, -0.25) is 0 Å². The molecule has 0 bridgehead atoms. The zero-order valence-electron chi connectivity index (χ0n) is 22.3. The molecule has 0 aliphatic heterocycles.